The van der Waals surface area contributed by atoms with Crippen LogP contribution >= 0.6 is 0 Å². The minimum absolute atomic E-state index is 0.0639. The Balaban J connectivity index is 1.55. The lowest BCUT2D eigenvalue weighted by Gasteiger charge is -2.48. The Bertz CT molecular complexity index is 1760. The van der Waals surface area contributed by atoms with E-state index in [1.165, 1.54) is 26.0 Å². The second-order valence-electron chi connectivity index (χ2n) is 12.8. The standard InChI is InChI=1S/C42H46FNO9/c1-5-7-26-50-41(48)37(42(49)51-27-8-6-2)11-9-10-30-12-14-32(15-13-30)39-36(24-25-38(53-29(4)46)31-16-18-33(43)19-17-31)40(47)44(39)34-20-22-35(23-21-34)52-28(3)45/h12-23,36-39H,5-8,11,24-27H2,1-4H3/t36-,38+,39-/m1/s1. The zero-order valence-electron chi connectivity index (χ0n) is 30.6. The van der Waals surface area contributed by atoms with Gasteiger partial charge in [-0.15, -0.1) is 0 Å². The van der Waals surface area contributed by atoms with Crippen LogP contribution in [0.2, 0.25) is 0 Å². The van der Waals surface area contributed by atoms with Crippen LogP contribution in [0.25, 0.3) is 0 Å². The summed E-state index contributed by atoms with van der Waals surface area (Å²) in [6.45, 7) is 7.00. The van der Waals surface area contributed by atoms with Crippen molar-refractivity contribution >= 4 is 35.5 Å². The summed E-state index contributed by atoms with van der Waals surface area (Å²) in [6, 6.07) is 19.3. The summed E-state index contributed by atoms with van der Waals surface area (Å²) in [6.07, 6.45) is 3.01. The predicted molar refractivity (Wildman–Crippen MR) is 195 cm³/mol. The lowest BCUT2D eigenvalue weighted by Crippen LogP contribution is -2.55. The van der Waals surface area contributed by atoms with E-state index in [2.05, 4.69) is 11.8 Å². The molecule has 3 atom stereocenters. The zero-order chi connectivity index (χ0) is 38.3. The van der Waals surface area contributed by atoms with Gasteiger partial charge in [0, 0.05) is 31.5 Å². The minimum Gasteiger partial charge on any atom is -0.465 e. The van der Waals surface area contributed by atoms with E-state index in [4.69, 9.17) is 18.9 Å². The number of anilines is 1. The quantitative estimate of drug-likeness (QED) is 0.0263. The average Bonchev–Trinajstić information content (AvgIpc) is 3.13. The van der Waals surface area contributed by atoms with Crippen molar-refractivity contribution in [2.24, 2.45) is 11.8 Å². The summed E-state index contributed by atoms with van der Waals surface area (Å²) in [4.78, 5) is 64.3. The van der Waals surface area contributed by atoms with E-state index in [9.17, 15) is 28.4 Å². The zero-order valence-corrected chi connectivity index (χ0v) is 30.6. The number of carbonyl (C=O) groups is 5. The first-order valence-electron chi connectivity index (χ1n) is 18.0. The third kappa shape index (κ3) is 11.5. The summed E-state index contributed by atoms with van der Waals surface area (Å²) < 4.78 is 35.0. The summed E-state index contributed by atoms with van der Waals surface area (Å²) in [5.74, 6) is 1.88. The van der Waals surface area contributed by atoms with E-state index in [0.29, 0.717) is 48.2 Å². The molecular formula is C42H46FNO9. The van der Waals surface area contributed by atoms with E-state index in [1.54, 1.807) is 53.4 Å². The molecule has 11 heteroatoms. The molecule has 10 nitrogen and oxygen atoms in total. The van der Waals surface area contributed by atoms with Crippen LogP contribution < -0.4 is 9.64 Å². The fraction of sp³-hybridized carbons (Fsp3) is 0.405. The topological polar surface area (TPSA) is 126 Å². The molecule has 0 aromatic heterocycles. The van der Waals surface area contributed by atoms with Gasteiger partial charge in [0.1, 0.15) is 17.7 Å². The summed E-state index contributed by atoms with van der Waals surface area (Å²) in [5, 5.41) is 0. The van der Waals surface area contributed by atoms with Gasteiger partial charge in [0.2, 0.25) is 5.91 Å². The van der Waals surface area contributed by atoms with Crippen molar-refractivity contribution in [3.05, 3.63) is 95.3 Å². The first kappa shape index (κ1) is 40.3. The molecule has 0 radical (unpaired) electrons. The Morgan fingerprint density at radius 2 is 1.42 bits per heavy atom. The maximum atomic E-state index is 13.8. The highest BCUT2D eigenvalue weighted by molar-refractivity contribution is 6.03. The molecule has 1 aliphatic rings. The average molecular weight is 728 g/mol. The molecule has 0 N–H and O–H groups in total. The molecule has 0 aliphatic carbocycles. The lowest BCUT2D eigenvalue weighted by atomic mass is 9.78. The number of rotatable bonds is 17. The van der Waals surface area contributed by atoms with Crippen molar-refractivity contribution in [1.29, 1.82) is 0 Å². The Kier molecular flexibility index (Phi) is 15.1. The normalized spacial score (nSPS) is 15.4. The number of ether oxygens (including phenoxy) is 4. The Hall–Kier alpha value is -5.50. The first-order valence-corrected chi connectivity index (χ1v) is 18.0. The van der Waals surface area contributed by atoms with E-state index in [0.717, 1.165) is 18.4 Å². The summed E-state index contributed by atoms with van der Waals surface area (Å²) in [5.41, 5.74) is 2.69. The van der Waals surface area contributed by atoms with Crippen LogP contribution in [0.1, 0.15) is 101 Å². The minimum atomic E-state index is -1.15. The molecule has 3 aromatic rings. The van der Waals surface area contributed by atoms with Gasteiger partial charge in [0.25, 0.3) is 0 Å². The van der Waals surface area contributed by atoms with Gasteiger partial charge in [0.05, 0.1) is 25.2 Å². The molecule has 280 valence electrons. The van der Waals surface area contributed by atoms with Gasteiger partial charge in [-0.25, -0.2) is 4.39 Å². The number of halogens is 1. The number of β-lactam (4-membered cyclic amide) rings is 1. The van der Waals surface area contributed by atoms with Crippen molar-refractivity contribution < 1.29 is 47.3 Å². The van der Waals surface area contributed by atoms with Crippen LogP contribution in [0.15, 0.2) is 72.8 Å². The highest BCUT2D eigenvalue weighted by Crippen LogP contribution is 2.47. The lowest BCUT2D eigenvalue weighted by molar-refractivity contribution is -0.162. The fourth-order valence-corrected chi connectivity index (χ4v) is 5.96. The molecule has 1 saturated heterocycles. The molecule has 1 fully saturated rings. The molecule has 4 rings (SSSR count). The van der Waals surface area contributed by atoms with Crippen LogP contribution in [0, 0.1) is 29.5 Å². The Morgan fingerprint density at radius 1 is 0.811 bits per heavy atom. The van der Waals surface area contributed by atoms with Gasteiger partial charge in [-0.05, 0) is 85.3 Å². The van der Waals surface area contributed by atoms with Gasteiger partial charge in [-0.3, -0.25) is 24.0 Å². The van der Waals surface area contributed by atoms with Gasteiger partial charge < -0.3 is 23.8 Å². The molecule has 0 bridgehead atoms. The smallest absolute Gasteiger partial charge is 0.321 e. The van der Waals surface area contributed by atoms with E-state index in [1.807, 2.05) is 26.0 Å². The highest BCUT2D eigenvalue weighted by Gasteiger charge is 2.48. The van der Waals surface area contributed by atoms with Crippen LogP contribution in [-0.2, 0) is 38.2 Å². The summed E-state index contributed by atoms with van der Waals surface area (Å²) in [7, 11) is 0. The van der Waals surface area contributed by atoms with Crippen molar-refractivity contribution in [2.45, 2.75) is 84.8 Å². The van der Waals surface area contributed by atoms with Crippen LogP contribution in [-0.4, -0.2) is 43.0 Å². The number of esters is 4. The molecule has 3 aromatic carbocycles. The number of hydrogen-bond donors (Lipinski definition) is 0. The van der Waals surface area contributed by atoms with E-state index in [-0.39, 0.29) is 25.5 Å². The van der Waals surface area contributed by atoms with Gasteiger partial charge in [-0.2, -0.15) is 0 Å². The predicted octanol–water partition coefficient (Wildman–Crippen LogP) is 7.58. The number of benzene rings is 3. The fourth-order valence-electron chi connectivity index (χ4n) is 5.96. The van der Waals surface area contributed by atoms with Crippen molar-refractivity contribution in [2.75, 3.05) is 18.1 Å². The highest BCUT2D eigenvalue weighted by atomic mass is 19.1. The van der Waals surface area contributed by atoms with Gasteiger partial charge >= 0.3 is 23.9 Å². The molecular weight excluding hydrogens is 681 g/mol. The molecule has 1 amide bonds. The maximum Gasteiger partial charge on any atom is 0.321 e. The molecule has 0 saturated carbocycles. The molecule has 53 heavy (non-hydrogen) atoms. The van der Waals surface area contributed by atoms with Gasteiger partial charge in [0.15, 0.2) is 5.92 Å². The SMILES string of the molecule is CCCCOC(=O)C(CC#Cc1ccc([C@@H]2[C@@H](CC[C@H](OC(C)=O)c3ccc(F)cc3)C(=O)N2c2ccc(OC(C)=O)cc2)cc1)C(=O)OCCCC. The number of carbonyl (C=O) groups excluding carboxylic acids is 5. The van der Waals surface area contributed by atoms with E-state index < -0.39 is 53.7 Å². The van der Waals surface area contributed by atoms with Crippen LogP contribution in [0.5, 0.6) is 5.75 Å². The van der Waals surface area contributed by atoms with Crippen molar-refractivity contribution in [3.63, 3.8) is 0 Å². The second kappa shape index (κ2) is 19.9. The Labute approximate surface area is 309 Å². The van der Waals surface area contributed by atoms with Crippen LogP contribution in [0.4, 0.5) is 10.1 Å². The molecule has 1 aliphatic heterocycles. The summed E-state index contributed by atoms with van der Waals surface area (Å²) >= 11 is 0. The second-order valence-corrected chi connectivity index (χ2v) is 12.8. The van der Waals surface area contributed by atoms with Crippen molar-refractivity contribution in [1.82, 2.24) is 0 Å². The largest absolute Gasteiger partial charge is 0.465 e. The monoisotopic (exact) mass is 727 g/mol. The maximum absolute atomic E-state index is 13.8. The number of hydrogen-bond acceptors (Lipinski definition) is 9. The molecule has 1 heterocycles. The van der Waals surface area contributed by atoms with Gasteiger partial charge in [-0.1, -0.05) is 62.8 Å². The van der Waals surface area contributed by atoms with Crippen LogP contribution in [0.3, 0.4) is 0 Å². The van der Waals surface area contributed by atoms with Crippen molar-refractivity contribution in [3.8, 4) is 17.6 Å². The Morgan fingerprint density at radius 3 is 1.96 bits per heavy atom. The molecule has 0 spiro atoms. The third-order valence-corrected chi connectivity index (χ3v) is 8.72. The number of amides is 1. The first-order chi connectivity index (χ1) is 25.5. The number of nitrogens with zero attached hydrogens (tertiary/aromatic N) is 1. The van der Waals surface area contributed by atoms with E-state index >= 15 is 0 Å². The third-order valence-electron chi connectivity index (χ3n) is 8.72. The molecule has 0 unspecified atom stereocenters. The number of unbranched alkanes of at least 4 members (excludes halogenated alkanes) is 2.